The fraction of sp³-hybridized carbons (Fsp3) is 0.111. The summed E-state index contributed by atoms with van der Waals surface area (Å²) in [7, 11) is 0. The number of benzene rings is 2. The Kier molecular flexibility index (Phi) is 7.08. The summed E-state index contributed by atoms with van der Waals surface area (Å²) in [5.74, 6) is -0.219. The van der Waals surface area contributed by atoms with Gasteiger partial charge in [-0.2, -0.15) is 0 Å². The summed E-state index contributed by atoms with van der Waals surface area (Å²) >= 11 is 11.9. The van der Waals surface area contributed by atoms with Gasteiger partial charge in [-0.05, 0) is 18.2 Å². The van der Waals surface area contributed by atoms with E-state index in [9.17, 15) is 9.59 Å². The van der Waals surface area contributed by atoms with Crippen LogP contribution in [0, 0.1) is 0 Å². The zero-order valence-corrected chi connectivity index (χ0v) is 16.6. The zero-order chi connectivity index (χ0) is 17.8. The van der Waals surface area contributed by atoms with E-state index >= 15 is 0 Å². The van der Waals surface area contributed by atoms with Crippen molar-refractivity contribution in [2.24, 2.45) is 0 Å². The van der Waals surface area contributed by atoms with Crippen molar-refractivity contribution in [3.05, 3.63) is 82.4 Å². The molecule has 0 amide bonds. The van der Waals surface area contributed by atoms with Crippen LogP contribution in [0.3, 0.4) is 0 Å². The molecule has 0 aliphatic carbocycles. The van der Waals surface area contributed by atoms with Crippen molar-refractivity contribution in [1.29, 1.82) is 0 Å². The van der Waals surface area contributed by atoms with E-state index in [-0.39, 0.29) is 41.6 Å². The highest BCUT2D eigenvalue weighted by Gasteiger charge is 2.17. The molecular formula is C18H14BrCl2N3O2. The summed E-state index contributed by atoms with van der Waals surface area (Å²) in [5.41, 5.74) is 1.01. The van der Waals surface area contributed by atoms with E-state index in [0.717, 1.165) is 0 Å². The van der Waals surface area contributed by atoms with Crippen LogP contribution < -0.4 is 21.5 Å². The summed E-state index contributed by atoms with van der Waals surface area (Å²) in [5, 5.41) is 4.89. The normalized spacial score (nSPS) is 10.2. The van der Waals surface area contributed by atoms with Crippen molar-refractivity contribution in [2.75, 3.05) is 0 Å². The molecule has 1 aromatic heterocycles. The number of Topliss-reactive ketones (excluding diaryl/α,β-unsaturated/α-hetero) is 2. The van der Waals surface area contributed by atoms with Crippen LogP contribution >= 0.6 is 23.2 Å². The van der Waals surface area contributed by atoms with Gasteiger partial charge in [0.05, 0.1) is 5.02 Å². The van der Waals surface area contributed by atoms with Gasteiger partial charge in [-0.3, -0.25) is 9.59 Å². The first kappa shape index (κ1) is 20.3. The van der Waals surface area contributed by atoms with E-state index in [4.69, 9.17) is 23.2 Å². The van der Waals surface area contributed by atoms with Crippen molar-refractivity contribution in [3.8, 4) is 0 Å². The molecule has 0 radical (unpaired) electrons. The van der Waals surface area contributed by atoms with Crippen LogP contribution in [0.1, 0.15) is 20.7 Å². The van der Waals surface area contributed by atoms with Crippen LogP contribution in [-0.2, 0) is 13.1 Å². The van der Waals surface area contributed by atoms with E-state index in [2.05, 4.69) is 5.10 Å². The van der Waals surface area contributed by atoms with Crippen LogP contribution in [0.4, 0.5) is 0 Å². The highest BCUT2D eigenvalue weighted by Crippen LogP contribution is 2.21. The van der Waals surface area contributed by atoms with Crippen molar-refractivity contribution in [3.63, 3.8) is 0 Å². The van der Waals surface area contributed by atoms with Gasteiger partial charge in [0, 0.05) is 21.2 Å². The molecule has 0 N–H and O–H groups in total. The SMILES string of the molecule is O=C(C[n+]1cnn(CC(=O)c2ccc(Cl)cc2Cl)c1)c1ccccc1.[Br-]. The maximum Gasteiger partial charge on any atom is 0.265 e. The van der Waals surface area contributed by atoms with Crippen molar-refractivity contribution in [2.45, 2.75) is 13.1 Å². The standard InChI is InChI=1S/C18H14Cl2N3O2.BrH/c19-14-6-7-15(16(20)8-14)18(25)10-23-12-22(11-21-23)9-17(24)13-4-2-1-3-5-13;/h1-8,11-12H,9-10H2;1H/q+1;/p-1. The van der Waals surface area contributed by atoms with Gasteiger partial charge in [0.2, 0.25) is 12.1 Å². The van der Waals surface area contributed by atoms with Gasteiger partial charge >= 0.3 is 0 Å². The molecule has 5 nitrogen and oxygen atoms in total. The number of nitrogens with zero attached hydrogens (tertiary/aromatic N) is 3. The second-order valence-electron chi connectivity index (χ2n) is 5.45. The number of hydrogen-bond acceptors (Lipinski definition) is 3. The molecule has 0 aliphatic rings. The fourth-order valence-corrected chi connectivity index (χ4v) is 2.87. The number of halogens is 3. The molecule has 134 valence electrons. The quantitative estimate of drug-likeness (QED) is 0.396. The molecule has 26 heavy (non-hydrogen) atoms. The maximum atomic E-state index is 12.3. The third-order valence-electron chi connectivity index (χ3n) is 3.59. The second kappa shape index (κ2) is 9.07. The third-order valence-corrected chi connectivity index (χ3v) is 4.14. The lowest BCUT2D eigenvalue weighted by atomic mass is 10.1. The molecule has 2 aromatic carbocycles. The summed E-state index contributed by atoms with van der Waals surface area (Å²) < 4.78 is 3.09. The molecule has 3 aromatic rings. The van der Waals surface area contributed by atoms with Gasteiger partial charge in [-0.25, -0.2) is 4.57 Å². The summed E-state index contributed by atoms with van der Waals surface area (Å²) in [4.78, 5) is 24.5. The van der Waals surface area contributed by atoms with Crippen LogP contribution in [0.15, 0.2) is 61.2 Å². The Labute approximate surface area is 170 Å². The lowest BCUT2D eigenvalue weighted by Crippen LogP contribution is -3.00. The van der Waals surface area contributed by atoms with Gasteiger partial charge in [0.15, 0.2) is 12.3 Å². The number of aromatic nitrogens is 3. The monoisotopic (exact) mass is 453 g/mol. The largest absolute Gasteiger partial charge is 1.00 e. The van der Waals surface area contributed by atoms with Crippen LogP contribution in [0.2, 0.25) is 10.0 Å². The molecule has 0 aliphatic heterocycles. The highest BCUT2D eigenvalue weighted by atomic mass is 79.9. The van der Waals surface area contributed by atoms with E-state index in [1.807, 2.05) is 18.2 Å². The van der Waals surface area contributed by atoms with Crippen molar-refractivity contribution < 1.29 is 31.1 Å². The van der Waals surface area contributed by atoms with Crippen molar-refractivity contribution in [1.82, 2.24) is 9.78 Å². The number of hydrogen-bond donors (Lipinski definition) is 0. The lowest BCUT2D eigenvalue weighted by molar-refractivity contribution is -0.683. The van der Waals surface area contributed by atoms with E-state index in [1.54, 1.807) is 35.2 Å². The van der Waals surface area contributed by atoms with Crippen molar-refractivity contribution >= 4 is 34.8 Å². The number of carbonyl (C=O) groups is 2. The highest BCUT2D eigenvalue weighted by molar-refractivity contribution is 6.36. The van der Waals surface area contributed by atoms with E-state index in [1.165, 1.54) is 17.1 Å². The molecule has 3 rings (SSSR count). The van der Waals surface area contributed by atoms with Gasteiger partial charge < -0.3 is 17.0 Å². The molecule has 0 fully saturated rings. The molecule has 0 saturated heterocycles. The summed E-state index contributed by atoms with van der Waals surface area (Å²) in [6.07, 6.45) is 3.13. The van der Waals surface area contributed by atoms with Crippen LogP contribution in [-0.4, -0.2) is 21.3 Å². The van der Waals surface area contributed by atoms with Gasteiger partial charge in [-0.15, -0.1) is 4.68 Å². The minimum absolute atomic E-state index is 0. The van der Waals surface area contributed by atoms with Gasteiger partial charge in [0.1, 0.15) is 6.54 Å². The summed E-state index contributed by atoms with van der Waals surface area (Å²) in [6, 6.07) is 13.7. The molecule has 0 saturated carbocycles. The molecule has 1 heterocycles. The zero-order valence-electron chi connectivity index (χ0n) is 13.5. The Bertz CT molecular complexity index is 929. The molecule has 0 spiro atoms. The van der Waals surface area contributed by atoms with Gasteiger partial charge in [-0.1, -0.05) is 53.5 Å². The Morgan fingerprint density at radius 2 is 1.77 bits per heavy atom. The maximum absolute atomic E-state index is 12.3. The Balaban J connectivity index is 0.00000243. The van der Waals surface area contributed by atoms with Crippen LogP contribution in [0.5, 0.6) is 0 Å². The predicted molar refractivity (Wildman–Crippen MR) is 94.0 cm³/mol. The fourth-order valence-electron chi connectivity index (χ4n) is 2.36. The van der Waals surface area contributed by atoms with E-state index in [0.29, 0.717) is 21.2 Å². The average Bonchev–Trinajstić information content (AvgIpc) is 3.02. The Morgan fingerprint density at radius 1 is 1.04 bits per heavy atom. The smallest absolute Gasteiger partial charge is 0.265 e. The Hall–Kier alpha value is -2.02. The second-order valence-corrected chi connectivity index (χ2v) is 6.30. The first-order valence-corrected chi connectivity index (χ1v) is 8.26. The topological polar surface area (TPSA) is 55.8 Å². The molecular weight excluding hydrogens is 441 g/mol. The molecule has 8 heteroatoms. The lowest BCUT2D eigenvalue weighted by Gasteiger charge is -2.01. The molecule has 0 unspecified atom stereocenters. The van der Waals surface area contributed by atoms with E-state index < -0.39 is 0 Å². The predicted octanol–water partition coefficient (Wildman–Crippen LogP) is 0.247. The third kappa shape index (κ3) is 5.00. The summed E-state index contributed by atoms with van der Waals surface area (Å²) in [6.45, 7) is 0.174. The molecule has 0 bridgehead atoms. The first-order valence-electron chi connectivity index (χ1n) is 7.51. The number of rotatable bonds is 6. The van der Waals surface area contributed by atoms with Crippen LogP contribution in [0.25, 0.3) is 0 Å². The number of carbonyl (C=O) groups excluding carboxylic acids is 2. The minimum Gasteiger partial charge on any atom is -1.00 e. The first-order chi connectivity index (χ1) is 12.0. The average molecular weight is 455 g/mol. The van der Waals surface area contributed by atoms with Gasteiger partial charge in [0.25, 0.3) is 6.33 Å². The Morgan fingerprint density at radius 3 is 2.46 bits per heavy atom. The number of ketones is 2. The minimum atomic E-state index is -0.189. The molecule has 0 atom stereocenters.